The van der Waals surface area contributed by atoms with Crippen LogP contribution in [0.2, 0.25) is 0 Å². The van der Waals surface area contributed by atoms with Gasteiger partial charge in [-0.1, -0.05) is 0 Å². The molecule has 0 bridgehead atoms. The van der Waals surface area contributed by atoms with Gasteiger partial charge < -0.3 is 37.3 Å². The van der Waals surface area contributed by atoms with Gasteiger partial charge in [0.25, 0.3) is 0 Å². The van der Waals surface area contributed by atoms with E-state index in [0.29, 0.717) is 35.6 Å². The van der Waals surface area contributed by atoms with Crippen LogP contribution in [0.25, 0.3) is 11.2 Å². The Balaban J connectivity index is 1.59. The first kappa shape index (κ1) is 25.9. The predicted octanol–water partition coefficient (Wildman–Crippen LogP) is -1.47. The van der Waals surface area contributed by atoms with E-state index in [4.69, 9.17) is 27.0 Å². The zero-order chi connectivity index (χ0) is 24.0. The Hall–Kier alpha value is -1.68. The molecule has 1 saturated heterocycles. The maximum atomic E-state index is 10.8. The fourth-order valence-corrected chi connectivity index (χ4v) is 7.45. The number of imidazole rings is 1. The highest BCUT2D eigenvalue weighted by Crippen LogP contribution is 2.33. The van der Waals surface area contributed by atoms with E-state index in [1.807, 2.05) is 0 Å². The zero-order valence-electron chi connectivity index (χ0n) is 18.2. The van der Waals surface area contributed by atoms with Gasteiger partial charge >= 0.3 is 5.97 Å². The molecule has 184 valence electrons. The van der Waals surface area contributed by atoms with E-state index in [2.05, 4.69) is 15.0 Å². The first-order chi connectivity index (χ1) is 15.8. The molecule has 0 radical (unpaired) electrons. The van der Waals surface area contributed by atoms with Crippen LogP contribution in [0.15, 0.2) is 12.7 Å². The minimum Gasteiger partial charge on any atom is -0.480 e. The van der Waals surface area contributed by atoms with Gasteiger partial charge in [-0.15, -0.1) is 0 Å². The molecule has 2 aromatic rings. The van der Waals surface area contributed by atoms with Gasteiger partial charge in [0.15, 0.2) is 17.7 Å². The van der Waals surface area contributed by atoms with Gasteiger partial charge in [-0.25, -0.2) is 15.0 Å². The number of fused-ring (bicyclic) bond motifs is 1. The lowest BCUT2D eigenvalue weighted by atomic mass is 10.1. The van der Waals surface area contributed by atoms with Crippen molar-refractivity contribution in [3.8, 4) is 0 Å². The highest BCUT2D eigenvalue weighted by atomic mass is 32.2. The summed E-state index contributed by atoms with van der Waals surface area (Å²) < 4.78 is 7.65. The molecule has 3 unspecified atom stereocenters. The van der Waals surface area contributed by atoms with E-state index < -0.39 is 36.6 Å². The monoisotopic (exact) mass is 502 g/mol. The Morgan fingerprint density at radius 3 is 2.76 bits per heavy atom. The van der Waals surface area contributed by atoms with Gasteiger partial charge in [-0.05, 0) is 29.6 Å². The number of thioether (sulfide) groups is 1. The Labute approximate surface area is 198 Å². The molecular formula is C19H32N7O5S2+. The Morgan fingerprint density at radius 1 is 1.24 bits per heavy atom. The molecule has 6 atom stereocenters. The number of rotatable bonds is 13. The maximum Gasteiger partial charge on any atom is 0.320 e. The molecule has 33 heavy (non-hydrogen) atoms. The maximum absolute atomic E-state index is 10.8. The van der Waals surface area contributed by atoms with Crippen molar-refractivity contribution in [2.45, 2.75) is 43.4 Å². The van der Waals surface area contributed by atoms with Crippen molar-refractivity contribution in [2.75, 3.05) is 41.0 Å². The van der Waals surface area contributed by atoms with Crippen LogP contribution in [0.1, 0.15) is 19.1 Å². The number of hydrogen-bond donors (Lipinski definition) is 6. The number of carboxylic acids is 1. The molecule has 3 rings (SSSR count). The van der Waals surface area contributed by atoms with Gasteiger partial charge in [-0.3, -0.25) is 9.36 Å². The molecule has 0 aliphatic carbocycles. The van der Waals surface area contributed by atoms with Crippen molar-refractivity contribution in [2.24, 2.45) is 11.5 Å². The van der Waals surface area contributed by atoms with Crippen LogP contribution >= 0.6 is 11.8 Å². The summed E-state index contributed by atoms with van der Waals surface area (Å²) >= 11 is 1.66. The van der Waals surface area contributed by atoms with Crippen molar-refractivity contribution >= 4 is 45.6 Å². The average molecular weight is 503 g/mol. The molecule has 3 heterocycles. The molecule has 0 amide bonds. The third-order valence-corrected chi connectivity index (χ3v) is 9.17. The van der Waals surface area contributed by atoms with Gasteiger partial charge in [0.05, 0.1) is 6.33 Å². The number of aromatic nitrogens is 4. The molecule has 1 aliphatic rings. The van der Waals surface area contributed by atoms with E-state index in [1.165, 1.54) is 12.7 Å². The number of carboxylic acid groups (broad SMARTS) is 1. The third kappa shape index (κ3) is 6.47. The average Bonchev–Trinajstić information content (AvgIpc) is 3.34. The van der Waals surface area contributed by atoms with E-state index in [9.17, 15) is 15.0 Å². The van der Waals surface area contributed by atoms with Crippen LogP contribution in [0.5, 0.6) is 0 Å². The summed E-state index contributed by atoms with van der Waals surface area (Å²) in [7, 11) is -0.0803. The summed E-state index contributed by atoms with van der Waals surface area (Å²) in [6.07, 6.45) is 0.485. The SMILES string of the molecule is NCCC[S+](CCSCCC(N)C(=O)O)C[C@H]1O[C@@H](n2cnc3c(N)ncnc32)C(O)[C@H]1O. The third-order valence-electron chi connectivity index (χ3n) is 5.44. The van der Waals surface area contributed by atoms with Gasteiger partial charge in [0, 0.05) is 12.2 Å². The largest absolute Gasteiger partial charge is 0.480 e. The van der Waals surface area contributed by atoms with E-state index in [1.54, 1.807) is 16.3 Å². The van der Waals surface area contributed by atoms with Crippen molar-refractivity contribution < 1.29 is 24.9 Å². The molecule has 0 aromatic carbocycles. The smallest absolute Gasteiger partial charge is 0.320 e. The number of aliphatic carboxylic acids is 1. The number of aliphatic hydroxyl groups excluding tert-OH is 2. The normalized spacial score (nSPS) is 24.8. The van der Waals surface area contributed by atoms with E-state index >= 15 is 0 Å². The molecule has 2 aromatic heterocycles. The van der Waals surface area contributed by atoms with Crippen LogP contribution < -0.4 is 17.2 Å². The quantitative estimate of drug-likeness (QED) is 0.137. The lowest BCUT2D eigenvalue weighted by Gasteiger charge is -2.17. The molecule has 1 aliphatic heterocycles. The molecular weight excluding hydrogens is 470 g/mol. The van der Waals surface area contributed by atoms with E-state index in [0.717, 1.165) is 23.7 Å². The topological polar surface area (TPSA) is 209 Å². The van der Waals surface area contributed by atoms with Gasteiger partial charge in [0.1, 0.15) is 53.5 Å². The number of hydrogen-bond acceptors (Lipinski definition) is 11. The number of aliphatic hydroxyl groups is 2. The number of anilines is 1. The van der Waals surface area contributed by atoms with Crippen LogP contribution in [0.3, 0.4) is 0 Å². The fourth-order valence-electron chi connectivity index (χ4n) is 3.55. The van der Waals surface area contributed by atoms with Gasteiger partial charge in [-0.2, -0.15) is 11.8 Å². The minimum absolute atomic E-state index is 0.0803. The fraction of sp³-hybridized carbons (Fsp3) is 0.684. The number of nitrogens with zero attached hydrogens (tertiary/aromatic N) is 4. The van der Waals surface area contributed by atoms with Crippen molar-refractivity contribution in [3.63, 3.8) is 0 Å². The Morgan fingerprint density at radius 2 is 2.03 bits per heavy atom. The summed E-state index contributed by atoms with van der Waals surface area (Å²) in [6.45, 7) is 0.575. The van der Waals surface area contributed by atoms with Gasteiger partial charge in [0.2, 0.25) is 0 Å². The summed E-state index contributed by atoms with van der Waals surface area (Å²) in [6, 6.07) is -0.840. The summed E-state index contributed by atoms with van der Waals surface area (Å²) in [5.74, 6) is 3.13. The van der Waals surface area contributed by atoms with Crippen LogP contribution in [0, 0.1) is 0 Å². The summed E-state index contributed by atoms with van der Waals surface area (Å²) in [4.78, 5) is 23.1. The lowest BCUT2D eigenvalue weighted by Crippen LogP contribution is -2.37. The van der Waals surface area contributed by atoms with Crippen LogP contribution in [-0.2, 0) is 20.4 Å². The van der Waals surface area contributed by atoms with E-state index in [-0.39, 0.29) is 16.7 Å². The first-order valence-corrected chi connectivity index (χ1v) is 13.6. The molecule has 9 N–H and O–H groups in total. The predicted molar refractivity (Wildman–Crippen MR) is 129 cm³/mol. The summed E-state index contributed by atoms with van der Waals surface area (Å²) in [5, 5.41) is 30.2. The van der Waals surface area contributed by atoms with Crippen LogP contribution in [0.4, 0.5) is 5.82 Å². The molecule has 1 fully saturated rings. The molecule has 12 nitrogen and oxygen atoms in total. The standard InChI is InChI=1S/C19H31N7O5S2/c20-3-1-6-33(7-5-32-4-2-11(21)19(29)30)8-12-14(27)15(28)18(31-12)26-10-25-13-16(22)23-9-24-17(13)26/h9-12,14-15,18,27-28H,1-8,20-21H2,(H2-,22,23,24,29,30)/p+1/t11?,12-,14+,15?,18-,33?/m1/s1. The molecule has 0 saturated carbocycles. The zero-order valence-corrected chi connectivity index (χ0v) is 19.8. The first-order valence-electron chi connectivity index (χ1n) is 10.7. The lowest BCUT2D eigenvalue weighted by molar-refractivity contribution is -0.138. The minimum atomic E-state index is -1.14. The van der Waals surface area contributed by atoms with Crippen molar-refractivity contribution in [1.29, 1.82) is 0 Å². The number of nitrogen functional groups attached to an aromatic ring is 1. The second kappa shape index (κ2) is 12.1. The number of carbonyl (C=O) groups is 1. The Kier molecular flexibility index (Phi) is 9.55. The molecule has 14 heteroatoms. The Bertz CT molecular complexity index is 920. The number of nitrogens with two attached hydrogens (primary N) is 3. The second-order valence-electron chi connectivity index (χ2n) is 7.80. The highest BCUT2D eigenvalue weighted by Gasteiger charge is 2.47. The number of ether oxygens (including phenoxy) is 1. The van der Waals surface area contributed by atoms with Crippen LogP contribution in [-0.4, -0.2) is 100 Å². The second-order valence-corrected chi connectivity index (χ2v) is 11.4. The van der Waals surface area contributed by atoms with Crippen molar-refractivity contribution in [3.05, 3.63) is 12.7 Å². The summed E-state index contributed by atoms with van der Waals surface area (Å²) in [5.41, 5.74) is 17.9. The van der Waals surface area contributed by atoms with Crippen molar-refractivity contribution in [1.82, 2.24) is 19.5 Å². The molecule has 0 spiro atoms. The highest BCUT2D eigenvalue weighted by molar-refractivity contribution is 8.01.